The van der Waals surface area contributed by atoms with E-state index in [1.165, 1.54) is 17.2 Å². The van der Waals surface area contributed by atoms with Crippen molar-refractivity contribution in [2.24, 2.45) is 0 Å². The molecule has 3 aromatic heterocycles. The van der Waals surface area contributed by atoms with Crippen LogP contribution < -0.4 is 19.9 Å². The number of ether oxygens (including phenoxy) is 3. The summed E-state index contributed by atoms with van der Waals surface area (Å²) in [6.45, 7) is 5.54. The first-order valence-corrected chi connectivity index (χ1v) is 13.3. The van der Waals surface area contributed by atoms with Crippen molar-refractivity contribution in [2.75, 3.05) is 41.4 Å². The molecule has 10 nitrogen and oxygen atoms in total. The van der Waals surface area contributed by atoms with Gasteiger partial charge in [-0.3, -0.25) is 9.88 Å². The molecule has 2 saturated heterocycles. The average molecular weight is 591 g/mol. The van der Waals surface area contributed by atoms with E-state index in [2.05, 4.69) is 25.2 Å². The molecule has 6 heterocycles. The standard InChI is InChI=1S/C27H26ClF3N6O4/c1-26(2)40-14-18(41-26)13-39-22-10-16(4-7-33-22)34-25(38)37-17-5-8-36(12-17)20-11-19(28)23(35-24(20)37)15-3-6-32-21(9-15)27(29,30)31/h3-4,6-7,9-11,17-18H,5,8,12-14H2,1-2H3,(H,33,34,38)/t17-,18?/m0/s1. The SMILES string of the molecule is CC1(C)OCC(COc2cc(NC(=O)N3c4nc(-c5ccnc(C(F)(F)F)c5)c(Cl)cc4N4CC[C@H]3C4)ccn2)O1. The molecule has 3 aliphatic rings. The minimum absolute atomic E-state index is 0.125. The van der Waals surface area contributed by atoms with Crippen LogP contribution >= 0.6 is 11.6 Å². The van der Waals surface area contributed by atoms with Gasteiger partial charge >= 0.3 is 12.2 Å². The molecule has 41 heavy (non-hydrogen) atoms. The summed E-state index contributed by atoms with van der Waals surface area (Å²) < 4.78 is 57.0. The van der Waals surface area contributed by atoms with Crippen LogP contribution in [0.1, 0.15) is 26.0 Å². The van der Waals surface area contributed by atoms with Gasteiger partial charge in [-0.15, -0.1) is 0 Å². The third-order valence-corrected chi connectivity index (χ3v) is 7.34. The molecule has 3 aliphatic heterocycles. The molecule has 0 radical (unpaired) electrons. The van der Waals surface area contributed by atoms with Crippen molar-refractivity contribution in [2.45, 2.75) is 44.4 Å². The zero-order valence-electron chi connectivity index (χ0n) is 22.1. The maximum Gasteiger partial charge on any atom is 0.433 e. The number of urea groups is 1. The molecular weight excluding hydrogens is 565 g/mol. The van der Waals surface area contributed by atoms with Crippen molar-refractivity contribution in [1.29, 1.82) is 0 Å². The molecule has 0 saturated carbocycles. The Morgan fingerprint density at radius 2 is 2.02 bits per heavy atom. The lowest BCUT2D eigenvalue weighted by Crippen LogP contribution is -2.48. The fourth-order valence-corrected chi connectivity index (χ4v) is 5.45. The largest absolute Gasteiger partial charge is 0.475 e. The summed E-state index contributed by atoms with van der Waals surface area (Å²) in [4.78, 5) is 29.5. The normalized spacial score (nSPS) is 21.1. The molecule has 2 bridgehead atoms. The van der Waals surface area contributed by atoms with Crippen molar-refractivity contribution in [3.05, 3.63) is 53.4 Å². The predicted molar refractivity (Wildman–Crippen MR) is 144 cm³/mol. The van der Waals surface area contributed by atoms with Gasteiger partial charge in [-0.05, 0) is 44.5 Å². The number of rotatable bonds is 5. The number of halogens is 4. The van der Waals surface area contributed by atoms with Gasteiger partial charge in [0.15, 0.2) is 11.6 Å². The van der Waals surface area contributed by atoms with Gasteiger partial charge in [0.2, 0.25) is 5.88 Å². The highest BCUT2D eigenvalue weighted by Gasteiger charge is 2.41. The van der Waals surface area contributed by atoms with Crippen molar-refractivity contribution < 1.29 is 32.2 Å². The molecule has 14 heteroatoms. The average Bonchev–Trinajstić information content (AvgIpc) is 3.50. The molecule has 2 amide bonds. The lowest BCUT2D eigenvalue weighted by molar-refractivity contribution is -0.142. The first kappa shape index (κ1) is 27.5. The van der Waals surface area contributed by atoms with Gasteiger partial charge in [0.05, 0.1) is 29.1 Å². The number of hydrogen-bond donors (Lipinski definition) is 1. The molecule has 2 atom stereocenters. The van der Waals surface area contributed by atoms with Crippen LogP contribution in [-0.2, 0) is 15.7 Å². The molecule has 0 aliphatic carbocycles. The second-order valence-corrected chi connectivity index (χ2v) is 10.8. The van der Waals surface area contributed by atoms with Crippen LogP contribution in [0.3, 0.4) is 0 Å². The molecule has 0 aromatic carbocycles. The van der Waals surface area contributed by atoms with E-state index in [1.54, 1.807) is 18.2 Å². The summed E-state index contributed by atoms with van der Waals surface area (Å²) >= 11 is 6.52. The van der Waals surface area contributed by atoms with E-state index in [1.807, 2.05) is 13.8 Å². The van der Waals surface area contributed by atoms with Gasteiger partial charge in [-0.1, -0.05) is 11.6 Å². The van der Waals surface area contributed by atoms with E-state index in [0.29, 0.717) is 49.2 Å². The van der Waals surface area contributed by atoms with Crippen molar-refractivity contribution in [3.63, 3.8) is 0 Å². The minimum Gasteiger partial charge on any atom is -0.475 e. The van der Waals surface area contributed by atoms with Gasteiger partial charge in [-0.25, -0.2) is 14.8 Å². The first-order chi connectivity index (χ1) is 19.5. The van der Waals surface area contributed by atoms with Gasteiger partial charge in [-0.2, -0.15) is 13.2 Å². The van der Waals surface area contributed by atoms with Gasteiger partial charge in [0.25, 0.3) is 0 Å². The van der Waals surface area contributed by atoms with E-state index >= 15 is 0 Å². The quantitative estimate of drug-likeness (QED) is 0.423. The van der Waals surface area contributed by atoms with Gasteiger partial charge in [0.1, 0.15) is 18.4 Å². The Morgan fingerprint density at radius 1 is 1.22 bits per heavy atom. The molecule has 2 fully saturated rings. The predicted octanol–water partition coefficient (Wildman–Crippen LogP) is 5.37. The van der Waals surface area contributed by atoms with Gasteiger partial charge in [0, 0.05) is 42.8 Å². The third kappa shape index (κ3) is 5.61. The molecule has 1 N–H and O–H groups in total. The lowest BCUT2D eigenvalue weighted by Gasteiger charge is -2.36. The highest BCUT2D eigenvalue weighted by molar-refractivity contribution is 6.33. The van der Waals surface area contributed by atoms with E-state index in [0.717, 1.165) is 12.3 Å². The minimum atomic E-state index is -4.63. The zero-order valence-corrected chi connectivity index (χ0v) is 22.9. The number of amides is 2. The summed E-state index contributed by atoms with van der Waals surface area (Å²) in [5.41, 5.74) is 0.288. The number of hydrogen-bond acceptors (Lipinski definition) is 8. The number of nitrogens with one attached hydrogen (secondary N) is 1. The summed E-state index contributed by atoms with van der Waals surface area (Å²) in [6, 6.07) is 6.53. The topological polar surface area (TPSA) is 102 Å². The highest BCUT2D eigenvalue weighted by atomic mass is 35.5. The summed E-state index contributed by atoms with van der Waals surface area (Å²) in [6.07, 6.45) is -1.62. The number of fused-ring (bicyclic) bond motifs is 4. The Hall–Kier alpha value is -3.68. The number of aromatic nitrogens is 3. The molecule has 3 aromatic rings. The van der Waals surface area contributed by atoms with E-state index in [-0.39, 0.29) is 35.0 Å². The smallest absolute Gasteiger partial charge is 0.433 e. The number of carbonyl (C=O) groups is 1. The Labute approximate surface area is 238 Å². The summed E-state index contributed by atoms with van der Waals surface area (Å²) in [7, 11) is 0. The summed E-state index contributed by atoms with van der Waals surface area (Å²) in [5, 5.41) is 3.05. The maximum absolute atomic E-state index is 13.7. The number of nitrogens with zero attached hydrogens (tertiary/aromatic N) is 5. The Kier molecular flexibility index (Phi) is 6.91. The van der Waals surface area contributed by atoms with Crippen LogP contribution in [0.15, 0.2) is 42.7 Å². The maximum atomic E-state index is 13.7. The van der Waals surface area contributed by atoms with Crippen LogP contribution in [0.4, 0.5) is 35.2 Å². The summed E-state index contributed by atoms with van der Waals surface area (Å²) in [5.74, 6) is -0.0614. The fraction of sp³-hybridized carbons (Fsp3) is 0.407. The molecular formula is C27H26ClF3N6O4. The third-order valence-electron chi connectivity index (χ3n) is 7.05. The first-order valence-electron chi connectivity index (χ1n) is 13.0. The van der Waals surface area contributed by atoms with Crippen LogP contribution in [0.25, 0.3) is 11.3 Å². The van der Waals surface area contributed by atoms with E-state index < -0.39 is 23.7 Å². The monoisotopic (exact) mass is 590 g/mol. The molecule has 6 rings (SSSR count). The second kappa shape index (κ2) is 10.3. The molecule has 216 valence electrons. The van der Waals surface area contributed by atoms with Crippen molar-refractivity contribution in [3.8, 4) is 17.1 Å². The van der Waals surface area contributed by atoms with Crippen LogP contribution in [0.2, 0.25) is 5.02 Å². The molecule has 0 spiro atoms. The van der Waals surface area contributed by atoms with Crippen molar-refractivity contribution in [1.82, 2.24) is 15.0 Å². The van der Waals surface area contributed by atoms with Crippen LogP contribution in [-0.4, -0.2) is 65.2 Å². The number of anilines is 3. The lowest BCUT2D eigenvalue weighted by atomic mass is 10.1. The van der Waals surface area contributed by atoms with Gasteiger partial charge < -0.3 is 24.4 Å². The Bertz CT molecular complexity index is 1490. The zero-order chi connectivity index (χ0) is 28.9. The van der Waals surface area contributed by atoms with E-state index in [9.17, 15) is 18.0 Å². The fourth-order valence-electron chi connectivity index (χ4n) is 5.19. The van der Waals surface area contributed by atoms with Crippen LogP contribution in [0, 0.1) is 0 Å². The Balaban J connectivity index is 1.25. The number of carbonyl (C=O) groups excluding carboxylic acids is 1. The highest BCUT2D eigenvalue weighted by Crippen LogP contribution is 2.43. The number of alkyl halides is 3. The number of pyridine rings is 3. The van der Waals surface area contributed by atoms with Crippen LogP contribution in [0.5, 0.6) is 5.88 Å². The Morgan fingerprint density at radius 3 is 2.78 bits per heavy atom. The van der Waals surface area contributed by atoms with Crippen molar-refractivity contribution >= 4 is 34.8 Å². The second-order valence-electron chi connectivity index (χ2n) is 10.4. The molecule has 1 unspecified atom stereocenters. The van der Waals surface area contributed by atoms with E-state index in [4.69, 9.17) is 25.8 Å².